The molecule has 200 valence electrons. The normalized spacial score (nSPS) is 37.9. The number of hydrogen-bond donors (Lipinski definition) is 2. The van der Waals surface area contributed by atoms with Crippen LogP contribution in [-0.4, -0.2) is 80.4 Å². The highest BCUT2D eigenvalue weighted by Crippen LogP contribution is 2.62. The van der Waals surface area contributed by atoms with Crippen molar-refractivity contribution in [2.45, 2.75) is 108 Å². The average Bonchev–Trinajstić information content (AvgIpc) is 3.61. The standard InChI is InChI=1S/C25H44N4O5S/c1-17(2)11-19-15-34-22-7-10-26-24(27-22)28(16-33-3)35(31,32)21-6-4-5-18(12-21)23(30)29(19)20-13-25(14-20)8-9-25/h17-22,24,26-27H,4-16H2,1-3H3/t18?,19-,21?,22?,24?/m1/s1. The maximum absolute atomic E-state index is 14.2. The Labute approximate surface area is 210 Å². The topological polar surface area (TPSA) is 100 Å². The van der Waals surface area contributed by atoms with Crippen molar-refractivity contribution in [2.24, 2.45) is 17.3 Å². The molecule has 2 heterocycles. The van der Waals surface area contributed by atoms with Crippen LogP contribution in [0.25, 0.3) is 0 Å². The second kappa shape index (κ2) is 10.2. The lowest BCUT2D eigenvalue weighted by Crippen LogP contribution is -2.65. The molecule has 0 aromatic heterocycles. The monoisotopic (exact) mass is 512 g/mol. The highest BCUT2D eigenvalue weighted by Gasteiger charge is 2.56. The van der Waals surface area contributed by atoms with E-state index in [4.69, 9.17) is 9.47 Å². The van der Waals surface area contributed by atoms with Gasteiger partial charge < -0.3 is 14.4 Å². The predicted octanol–water partition coefficient (Wildman–Crippen LogP) is 2.19. The minimum Gasteiger partial charge on any atom is -0.368 e. The third-order valence-electron chi connectivity index (χ3n) is 8.92. The zero-order valence-corrected chi connectivity index (χ0v) is 22.4. The number of ether oxygens (including phenoxy) is 2. The largest absolute Gasteiger partial charge is 0.368 e. The molecule has 0 aromatic carbocycles. The van der Waals surface area contributed by atoms with Gasteiger partial charge in [-0.25, -0.2) is 8.42 Å². The molecule has 4 bridgehead atoms. The summed E-state index contributed by atoms with van der Waals surface area (Å²) in [6, 6.07) is 0.282. The van der Waals surface area contributed by atoms with Crippen molar-refractivity contribution in [1.29, 1.82) is 0 Å². The van der Waals surface area contributed by atoms with E-state index in [2.05, 4.69) is 29.4 Å². The first-order chi connectivity index (χ1) is 16.7. The number of rotatable bonds is 5. The van der Waals surface area contributed by atoms with Gasteiger partial charge in [-0.2, -0.15) is 0 Å². The summed E-state index contributed by atoms with van der Waals surface area (Å²) < 4.78 is 40.8. The van der Waals surface area contributed by atoms with Crippen LogP contribution in [0.15, 0.2) is 0 Å². The number of hydrogen-bond acceptors (Lipinski definition) is 7. The van der Waals surface area contributed by atoms with Crippen LogP contribution in [0.3, 0.4) is 0 Å². The molecule has 2 saturated heterocycles. The average molecular weight is 513 g/mol. The van der Waals surface area contributed by atoms with Gasteiger partial charge in [-0.1, -0.05) is 20.3 Å². The van der Waals surface area contributed by atoms with E-state index >= 15 is 0 Å². The Morgan fingerprint density at radius 1 is 1.20 bits per heavy atom. The molecule has 9 nitrogen and oxygen atoms in total. The summed E-state index contributed by atoms with van der Waals surface area (Å²) in [6.45, 7) is 5.50. The second-order valence-corrected chi connectivity index (χ2v) is 14.2. The number of nitrogens with one attached hydrogen (secondary N) is 2. The van der Waals surface area contributed by atoms with Crippen LogP contribution >= 0.6 is 0 Å². The first kappa shape index (κ1) is 25.9. The van der Waals surface area contributed by atoms with Gasteiger partial charge in [0, 0.05) is 25.6 Å². The lowest BCUT2D eigenvalue weighted by molar-refractivity contribution is -0.150. The van der Waals surface area contributed by atoms with Gasteiger partial charge in [0.05, 0.1) is 17.9 Å². The van der Waals surface area contributed by atoms with Crippen molar-refractivity contribution in [3.05, 3.63) is 0 Å². The predicted molar refractivity (Wildman–Crippen MR) is 132 cm³/mol. The van der Waals surface area contributed by atoms with Gasteiger partial charge in [-0.3, -0.25) is 15.4 Å². The molecule has 5 fully saturated rings. The summed E-state index contributed by atoms with van der Waals surface area (Å²) in [6.07, 6.45) is 8.02. The zero-order chi connectivity index (χ0) is 24.8. The van der Waals surface area contributed by atoms with Gasteiger partial charge in [0.1, 0.15) is 19.2 Å². The number of methoxy groups -OCH3 is 1. The van der Waals surface area contributed by atoms with Crippen molar-refractivity contribution in [1.82, 2.24) is 19.8 Å². The number of carbonyl (C=O) groups is 1. The molecule has 2 N–H and O–H groups in total. The molecule has 3 saturated carbocycles. The molecule has 0 radical (unpaired) electrons. The molecule has 5 rings (SSSR count). The molecule has 10 heteroatoms. The summed E-state index contributed by atoms with van der Waals surface area (Å²) >= 11 is 0. The smallest absolute Gasteiger partial charge is 0.226 e. The Hall–Kier alpha value is -0.780. The summed E-state index contributed by atoms with van der Waals surface area (Å²) in [5.74, 6) is 0.348. The molecule has 3 aliphatic carbocycles. The Morgan fingerprint density at radius 2 is 1.97 bits per heavy atom. The van der Waals surface area contributed by atoms with Crippen LogP contribution in [0.5, 0.6) is 0 Å². The first-order valence-corrected chi connectivity index (χ1v) is 15.2. The Kier molecular flexibility index (Phi) is 7.52. The van der Waals surface area contributed by atoms with E-state index < -0.39 is 21.6 Å². The maximum atomic E-state index is 14.2. The minimum absolute atomic E-state index is 0.0200. The van der Waals surface area contributed by atoms with Gasteiger partial charge in [-0.05, 0) is 69.1 Å². The lowest BCUT2D eigenvalue weighted by atomic mass is 9.74. The van der Waals surface area contributed by atoms with Gasteiger partial charge in [0.25, 0.3) is 0 Å². The van der Waals surface area contributed by atoms with E-state index in [9.17, 15) is 13.2 Å². The highest BCUT2D eigenvalue weighted by atomic mass is 32.2. The van der Waals surface area contributed by atoms with Crippen LogP contribution in [0, 0.1) is 17.3 Å². The van der Waals surface area contributed by atoms with Crippen LogP contribution in [0.4, 0.5) is 0 Å². The van der Waals surface area contributed by atoms with Crippen molar-refractivity contribution < 1.29 is 22.7 Å². The number of amides is 1. The summed E-state index contributed by atoms with van der Waals surface area (Å²) in [5, 5.41) is 6.08. The van der Waals surface area contributed by atoms with E-state index in [1.54, 1.807) is 0 Å². The Bertz CT molecular complexity index is 871. The molecule has 1 spiro atoms. The van der Waals surface area contributed by atoms with Crippen molar-refractivity contribution in [2.75, 3.05) is 27.0 Å². The van der Waals surface area contributed by atoms with Crippen LogP contribution in [0.2, 0.25) is 0 Å². The van der Waals surface area contributed by atoms with E-state index in [0.717, 1.165) is 38.5 Å². The van der Waals surface area contributed by atoms with Crippen LogP contribution in [-0.2, 0) is 24.3 Å². The van der Waals surface area contributed by atoms with Gasteiger partial charge >= 0.3 is 0 Å². The highest BCUT2D eigenvalue weighted by molar-refractivity contribution is 7.89. The van der Waals surface area contributed by atoms with E-state index in [1.165, 1.54) is 24.3 Å². The van der Waals surface area contributed by atoms with Gasteiger partial charge in [-0.15, -0.1) is 4.31 Å². The molecule has 4 unspecified atom stereocenters. The second-order valence-electron chi connectivity index (χ2n) is 12.1. The van der Waals surface area contributed by atoms with E-state index in [-0.39, 0.29) is 36.9 Å². The molecule has 35 heavy (non-hydrogen) atoms. The number of nitrogens with zero attached hydrogens (tertiary/aromatic N) is 2. The van der Waals surface area contributed by atoms with Crippen molar-refractivity contribution in [3.63, 3.8) is 0 Å². The van der Waals surface area contributed by atoms with Gasteiger partial charge in [0.15, 0.2) is 0 Å². The zero-order valence-electron chi connectivity index (χ0n) is 21.6. The number of carbonyl (C=O) groups excluding carboxylic acids is 1. The summed E-state index contributed by atoms with van der Waals surface area (Å²) in [4.78, 5) is 16.3. The molecule has 5 aliphatic rings. The molecule has 0 aromatic rings. The Balaban J connectivity index is 1.48. The quantitative estimate of drug-likeness (QED) is 0.582. The SMILES string of the molecule is COCN1C2NCCC(N2)OC[C@@H](CC(C)C)N(C2CC3(CC3)C2)C(=O)C2CCCC(C2)S1(=O)=O. The maximum Gasteiger partial charge on any atom is 0.226 e. The molecule has 5 atom stereocenters. The van der Waals surface area contributed by atoms with Gasteiger partial charge in [0.2, 0.25) is 15.9 Å². The van der Waals surface area contributed by atoms with Crippen molar-refractivity contribution in [3.8, 4) is 0 Å². The first-order valence-electron chi connectivity index (χ1n) is 13.7. The molecule has 1 amide bonds. The van der Waals surface area contributed by atoms with E-state index in [0.29, 0.717) is 37.3 Å². The molecular formula is C25H44N4O5S. The van der Waals surface area contributed by atoms with Crippen molar-refractivity contribution >= 4 is 15.9 Å². The number of fused-ring (bicyclic) bond motifs is 4. The fourth-order valence-corrected chi connectivity index (χ4v) is 8.87. The fraction of sp³-hybridized carbons (Fsp3) is 0.960. The summed E-state index contributed by atoms with van der Waals surface area (Å²) in [5.41, 5.74) is 0.484. The fourth-order valence-electron chi connectivity index (χ4n) is 6.86. The van der Waals surface area contributed by atoms with Crippen LogP contribution < -0.4 is 10.6 Å². The van der Waals surface area contributed by atoms with Crippen LogP contribution in [0.1, 0.15) is 78.1 Å². The summed E-state index contributed by atoms with van der Waals surface area (Å²) in [7, 11) is -2.17. The molecular weight excluding hydrogens is 468 g/mol. The third-order valence-corrected chi connectivity index (χ3v) is 11.2. The molecule has 2 aliphatic heterocycles. The van der Waals surface area contributed by atoms with E-state index in [1.807, 2.05) is 0 Å². The Morgan fingerprint density at radius 3 is 2.66 bits per heavy atom. The third kappa shape index (κ3) is 5.29. The number of sulfonamides is 1. The lowest BCUT2D eigenvalue weighted by Gasteiger charge is -2.49. The minimum atomic E-state index is -3.69.